The maximum absolute atomic E-state index is 14.5. The molecule has 1 aromatic rings. The molecule has 40 heavy (non-hydrogen) atoms. The number of halogens is 1. The molecule has 3 fully saturated rings. The molecule has 2 bridgehead atoms. The molecule has 3 unspecified atom stereocenters. The van der Waals surface area contributed by atoms with E-state index in [4.69, 9.17) is 0 Å². The Labute approximate surface area is 251 Å². The molecule has 3 saturated heterocycles. The van der Waals surface area contributed by atoms with Gasteiger partial charge in [-0.2, -0.15) is 0 Å². The third-order valence-corrected chi connectivity index (χ3v) is 11.6. The number of amides is 3. The average Bonchev–Trinajstić information content (AvgIpc) is 3.50. The molecule has 218 valence electrons. The third kappa shape index (κ3) is 5.53. The number of aliphatic hydroxyl groups is 1. The smallest absolute Gasteiger partial charge is 0.247 e. The van der Waals surface area contributed by atoms with Crippen LogP contribution in [0.5, 0.6) is 0 Å². The molecular formula is C31H42BrN3O4S. The number of rotatable bonds is 12. The van der Waals surface area contributed by atoms with Crippen LogP contribution in [-0.2, 0) is 20.9 Å². The second-order valence-electron chi connectivity index (χ2n) is 12.0. The van der Waals surface area contributed by atoms with Crippen molar-refractivity contribution in [2.45, 2.75) is 73.0 Å². The van der Waals surface area contributed by atoms with Crippen LogP contribution in [0.4, 0.5) is 0 Å². The van der Waals surface area contributed by atoms with Crippen LogP contribution in [0.25, 0.3) is 0 Å². The van der Waals surface area contributed by atoms with Crippen LogP contribution in [0.2, 0.25) is 0 Å². The van der Waals surface area contributed by atoms with E-state index in [1.807, 2.05) is 51.1 Å². The average molecular weight is 633 g/mol. The van der Waals surface area contributed by atoms with Gasteiger partial charge in [0.25, 0.3) is 0 Å². The van der Waals surface area contributed by atoms with Crippen LogP contribution in [0.15, 0.2) is 55.6 Å². The number of carbonyl (C=O) groups excluding carboxylic acids is 3. The van der Waals surface area contributed by atoms with Crippen molar-refractivity contribution < 1.29 is 19.5 Å². The lowest BCUT2D eigenvalue weighted by Gasteiger charge is -2.42. The highest BCUT2D eigenvalue weighted by atomic mass is 79.9. The van der Waals surface area contributed by atoms with Gasteiger partial charge in [-0.3, -0.25) is 14.4 Å². The van der Waals surface area contributed by atoms with E-state index >= 15 is 0 Å². The summed E-state index contributed by atoms with van der Waals surface area (Å²) in [5.74, 6) is -1.40. The summed E-state index contributed by atoms with van der Waals surface area (Å²) in [5.41, 5.74) is 0.542. The fraction of sp³-hybridized carbons (Fsp3) is 0.581. The van der Waals surface area contributed by atoms with E-state index in [0.29, 0.717) is 45.4 Å². The third-order valence-electron chi connectivity index (χ3n) is 8.38. The first-order chi connectivity index (χ1) is 19.0. The van der Waals surface area contributed by atoms with Gasteiger partial charge in [0.2, 0.25) is 17.7 Å². The Kier molecular flexibility index (Phi) is 9.57. The number of aliphatic hydroxyl groups excluding tert-OH is 1. The molecule has 3 heterocycles. The second kappa shape index (κ2) is 12.4. The van der Waals surface area contributed by atoms with Gasteiger partial charge in [-0.05, 0) is 45.6 Å². The number of unbranched alkanes of at least 4 members (excludes halogenated alkanes) is 1. The summed E-state index contributed by atoms with van der Waals surface area (Å²) in [5, 5.41) is 9.33. The predicted molar refractivity (Wildman–Crippen MR) is 164 cm³/mol. The van der Waals surface area contributed by atoms with Crippen LogP contribution >= 0.6 is 27.7 Å². The van der Waals surface area contributed by atoms with Crippen molar-refractivity contribution in [2.24, 2.45) is 11.8 Å². The number of nitrogens with zero attached hydrogens (tertiary/aromatic N) is 3. The first kappa shape index (κ1) is 30.8. The van der Waals surface area contributed by atoms with Gasteiger partial charge in [0, 0.05) is 48.4 Å². The van der Waals surface area contributed by atoms with Crippen molar-refractivity contribution >= 4 is 45.4 Å². The van der Waals surface area contributed by atoms with Crippen molar-refractivity contribution in [3.63, 3.8) is 0 Å². The van der Waals surface area contributed by atoms with Crippen LogP contribution in [0.3, 0.4) is 0 Å². The van der Waals surface area contributed by atoms with Crippen molar-refractivity contribution in [2.75, 3.05) is 26.2 Å². The van der Waals surface area contributed by atoms with Gasteiger partial charge in [-0.15, -0.1) is 24.9 Å². The van der Waals surface area contributed by atoms with E-state index in [1.54, 1.807) is 38.6 Å². The van der Waals surface area contributed by atoms with Gasteiger partial charge in [-0.25, -0.2) is 0 Å². The fourth-order valence-corrected chi connectivity index (χ4v) is 10.3. The highest BCUT2D eigenvalue weighted by Gasteiger charge is 2.76. The van der Waals surface area contributed by atoms with Gasteiger partial charge < -0.3 is 19.8 Å². The largest absolute Gasteiger partial charge is 0.396 e. The van der Waals surface area contributed by atoms with Crippen LogP contribution in [0.1, 0.15) is 45.6 Å². The summed E-state index contributed by atoms with van der Waals surface area (Å²) >= 11 is 5.52. The van der Waals surface area contributed by atoms with Crippen molar-refractivity contribution in [1.82, 2.24) is 14.7 Å². The van der Waals surface area contributed by atoms with Gasteiger partial charge in [0.1, 0.15) is 6.04 Å². The Bertz CT molecular complexity index is 1130. The van der Waals surface area contributed by atoms with Crippen LogP contribution in [-0.4, -0.2) is 90.2 Å². The molecule has 4 rings (SSSR count). The standard InChI is InChI=1S/C31H42BrN3O4S/c1-6-15-33(20-21-13-9-8-10-14-21)27(37)23-24-28(38)34(17-11-12-18-36)26(31(24)19-22(32)25(23)40-31)29(39)35(16-7-2)30(3,4)5/h6-10,13-14,22-26,36H,1-2,11-12,15-20H2,3-5H3/t22?,23-,24-,25-,26?,31?/m0/s1. The van der Waals surface area contributed by atoms with E-state index < -0.39 is 28.2 Å². The molecule has 6 atom stereocenters. The molecule has 1 spiro atoms. The number of hydrogen-bond acceptors (Lipinski definition) is 5. The van der Waals surface area contributed by atoms with E-state index in [9.17, 15) is 19.5 Å². The normalized spacial score (nSPS) is 28.9. The van der Waals surface area contributed by atoms with Crippen molar-refractivity contribution in [1.29, 1.82) is 0 Å². The molecule has 3 aliphatic rings. The second-order valence-corrected chi connectivity index (χ2v) is 14.7. The van der Waals surface area contributed by atoms with Gasteiger partial charge in [0.05, 0.1) is 16.6 Å². The Morgan fingerprint density at radius 2 is 1.82 bits per heavy atom. The molecule has 0 radical (unpaired) electrons. The number of alkyl halides is 1. The van der Waals surface area contributed by atoms with E-state index in [1.165, 1.54) is 0 Å². The number of likely N-dealkylation sites (tertiary alicyclic amines) is 1. The minimum atomic E-state index is -0.705. The quantitative estimate of drug-likeness (QED) is 0.212. The summed E-state index contributed by atoms with van der Waals surface area (Å²) in [6.07, 6.45) is 5.22. The number of benzene rings is 1. The molecule has 3 aliphatic heterocycles. The molecule has 0 aliphatic carbocycles. The zero-order valence-corrected chi connectivity index (χ0v) is 26.2. The van der Waals surface area contributed by atoms with E-state index in [2.05, 4.69) is 29.1 Å². The molecule has 9 heteroatoms. The number of hydrogen-bond donors (Lipinski definition) is 1. The summed E-state index contributed by atoms with van der Waals surface area (Å²) in [6, 6.07) is 9.15. The number of fused-ring (bicyclic) bond motifs is 1. The molecule has 3 amide bonds. The monoisotopic (exact) mass is 631 g/mol. The molecule has 7 nitrogen and oxygen atoms in total. The highest BCUT2D eigenvalue weighted by Crippen LogP contribution is 2.68. The van der Waals surface area contributed by atoms with E-state index in [-0.39, 0.29) is 34.4 Å². The van der Waals surface area contributed by atoms with Gasteiger partial charge >= 0.3 is 0 Å². The summed E-state index contributed by atoms with van der Waals surface area (Å²) in [6.45, 7) is 15.3. The van der Waals surface area contributed by atoms with Crippen LogP contribution in [0, 0.1) is 11.8 Å². The minimum absolute atomic E-state index is 0.00740. The Balaban J connectivity index is 1.75. The first-order valence-electron chi connectivity index (χ1n) is 14.1. The lowest BCUT2D eigenvalue weighted by Crippen LogP contribution is -2.59. The van der Waals surface area contributed by atoms with Gasteiger partial charge in [-0.1, -0.05) is 58.4 Å². The first-order valence-corrected chi connectivity index (χ1v) is 15.9. The molecular weight excluding hydrogens is 590 g/mol. The van der Waals surface area contributed by atoms with Crippen molar-refractivity contribution in [3.8, 4) is 0 Å². The maximum atomic E-state index is 14.5. The summed E-state index contributed by atoms with van der Waals surface area (Å²) < 4.78 is -0.705. The Morgan fingerprint density at radius 1 is 1.15 bits per heavy atom. The molecule has 0 saturated carbocycles. The highest BCUT2D eigenvalue weighted by molar-refractivity contribution is 9.09. The minimum Gasteiger partial charge on any atom is -0.396 e. The maximum Gasteiger partial charge on any atom is 0.247 e. The zero-order chi connectivity index (χ0) is 29.2. The molecule has 1 aromatic carbocycles. The number of carbonyl (C=O) groups is 3. The zero-order valence-electron chi connectivity index (χ0n) is 23.8. The van der Waals surface area contributed by atoms with Crippen LogP contribution < -0.4 is 0 Å². The number of thioether (sulfide) groups is 1. The lowest BCUT2D eigenvalue weighted by atomic mass is 9.70. The lowest BCUT2D eigenvalue weighted by molar-refractivity contribution is -0.146. The van der Waals surface area contributed by atoms with Gasteiger partial charge in [0.15, 0.2) is 0 Å². The Morgan fingerprint density at radius 3 is 2.42 bits per heavy atom. The fourth-order valence-electron chi connectivity index (χ4n) is 6.70. The van der Waals surface area contributed by atoms with Crippen molar-refractivity contribution in [3.05, 3.63) is 61.2 Å². The summed E-state index contributed by atoms with van der Waals surface area (Å²) in [7, 11) is 0. The summed E-state index contributed by atoms with van der Waals surface area (Å²) in [4.78, 5) is 48.4. The predicted octanol–water partition coefficient (Wildman–Crippen LogP) is 4.25. The Hall–Kier alpha value is -2.10. The molecule has 1 N–H and O–H groups in total. The molecule has 0 aromatic heterocycles. The SMILES string of the molecule is C=CCN(Cc1ccccc1)C(=O)[C@H]1[C@H]2C(=O)N(CCCCO)C(C(=O)N(CC=C)C(C)(C)C)C23CC(Br)[C@@H]1S3. The topological polar surface area (TPSA) is 81.2 Å². The van der Waals surface area contributed by atoms with E-state index in [0.717, 1.165) is 5.56 Å².